The second-order valence-electron chi connectivity index (χ2n) is 8.54. The zero-order chi connectivity index (χ0) is 32.1. The summed E-state index contributed by atoms with van der Waals surface area (Å²) in [5.74, 6) is -6.03. The number of unbranched alkanes of at least 4 members (excludes halogenated alkanes) is 4. The summed E-state index contributed by atoms with van der Waals surface area (Å²) in [5, 5.41) is 14.1. The van der Waals surface area contributed by atoms with E-state index in [0.717, 1.165) is 45.1 Å². The Hall–Kier alpha value is -1.66. The molecule has 1 aliphatic heterocycles. The van der Waals surface area contributed by atoms with E-state index < -0.39 is 67.6 Å². The van der Waals surface area contributed by atoms with Gasteiger partial charge in [-0.15, -0.1) is 0 Å². The highest BCUT2D eigenvalue weighted by Gasteiger charge is 2.36. The molecule has 0 spiro atoms. The Kier molecular flexibility index (Phi) is 5.91. The fourth-order valence-corrected chi connectivity index (χ4v) is 3.59. The Balaban J connectivity index is 1.49. The van der Waals surface area contributed by atoms with Crippen molar-refractivity contribution in [2.75, 3.05) is 26.3 Å². The molecule has 2 aliphatic rings. The average molecular weight is 468 g/mol. The molecular formula is C28H43NO4. The summed E-state index contributed by atoms with van der Waals surface area (Å²) in [5.41, 5.74) is -1.34. The van der Waals surface area contributed by atoms with Crippen LogP contribution in [0.5, 0.6) is 0 Å². The molecule has 1 aromatic carbocycles. The van der Waals surface area contributed by atoms with E-state index in [1.54, 1.807) is 0 Å². The zero-order valence-electron chi connectivity index (χ0n) is 29.4. The van der Waals surface area contributed by atoms with Crippen LogP contribution in [0.15, 0.2) is 53.8 Å². The van der Waals surface area contributed by atoms with Gasteiger partial charge in [-0.1, -0.05) is 49.2 Å². The Morgan fingerprint density at radius 3 is 2.82 bits per heavy atom. The van der Waals surface area contributed by atoms with E-state index in [1.165, 1.54) is 12.5 Å². The molecule has 1 aliphatic carbocycles. The molecule has 2 N–H and O–H groups in total. The molecule has 33 heavy (non-hydrogen) atoms. The molecule has 0 bridgehead atoms. The lowest BCUT2D eigenvalue weighted by Crippen LogP contribution is -2.49. The van der Waals surface area contributed by atoms with Crippen LogP contribution in [0.3, 0.4) is 0 Å². The van der Waals surface area contributed by atoms with Crippen LogP contribution >= 0.6 is 0 Å². The summed E-state index contributed by atoms with van der Waals surface area (Å²) >= 11 is 0. The molecule has 1 saturated heterocycles. The van der Waals surface area contributed by atoms with Crippen LogP contribution in [0, 0.1) is 5.89 Å². The maximum atomic E-state index is 11.3. The van der Waals surface area contributed by atoms with E-state index >= 15 is 0 Å². The minimum Gasteiger partial charge on any atom is -0.463 e. The van der Waals surface area contributed by atoms with Gasteiger partial charge in [-0.3, -0.25) is 5.32 Å². The number of benzene rings is 1. The Morgan fingerprint density at radius 1 is 1.24 bits per heavy atom. The van der Waals surface area contributed by atoms with E-state index in [0.29, 0.717) is 13.0 Å². The number of allylic oxidation sites excluding steroid dienone is 1. The number of aliphatic hydroxyl groups is 1. The van der Waals surface area contributed by atoms with Gasteiger partial charge in [0.05, 0.1) is 10.7 Å². The Morgan fingerprint density at radius 2 is 2.03 bits per heavy atom. The molecule has 0 aromatic heterocycles. The summed E-state index contributed by atoms with van der Waals surface area (Å²) in [6.07, 6.45) is 4.43. The van der Waals surface area contributed by atoms with Crippen LogP contribution in [0.25, 0.3) is 0 Å². The Labute approximate surface area is 214 Å². The third-order valence-electron chi connectivity index (χ3n) is 5.52. The lowest BCUT2D eigenvalue weighted by atomic mass is 9.86. The number of nitrogens with one attached hydrogen (secondary N) is 1. The van der Waals surface area contributed by atoms with Crippen molar-refractivity contribution < 1.29 is 33.0 Å². The van der Waals surface area contributed by atoms with Crippen LogP contribution in [-0.4, -0.2) is 43.0 Å². The summed E-state index contributed by atoms with van der Waals surface area (Å²) in [4.78, 5) is 0. The number of aryl methyl sites for hydroxylation is 1. The first kappa shape index (κ1) is 15.4. The van der Waals surface area contributed by atoms with Crippen molar-refractivity contribution in [3.63, 3.8) is 0 Å². The van der Waals surface area contributed by atoms with E-state index in [4.69, 9.17) is 27.9 Å². The zero-order valence-corrected chi connectivity index (χ0v) is 19.4. The van der Waals surface area contributed by atoms with E-state index in [-0.39, 0.29) is 6.54 Å². The van der Waals surface area contributed by atoms with Gasteiger partial charge in [-0.2, -0.15) is 0 Å². The van der Waals surface area contributed by atoms with Crippen molar-refractivity contribution in [2.24, 2.45) is 5.89 Å². The van der Waals surface area contributed by atoms with Crippen molar-refractivity contribution in [3.8, 4) is 0 Å². The van der Waals surface area contributed by atoms with Gasteiger partial charge in [-0.05, 0) is 63.6 Å². The predicted molar refractivity (Wildman–Crippen MR) is 133 cm³/mol. The quantitative estimate of drug-likeness (QED) is 0.280. The van der Waals surface area contributed by atoms with Gasteiger partial charge in [0.2, 0.25) is 5.79 Å². The number of ether oxygens (including phenoxy) is 3. The third-order valence-corrected chi connectivity index (χ3v) is 5.52. The SMILES string of the molecule is [2H]C1=C2OC(C([2H])[2H])(C([2H])([2H])[2H])OC([2H])C2=C([2H])C([2H])(C(C)(O)NCCCCCCOCCCCc2ccccc2)C1[2H]. The summed E-state index contributed by atoms with van der Waals surface area (Å²) < 4.78 is 97.9. The highest BCUT2D eigenvalue weighted by atomic mass is 16.7. The smallest absolute Gasteiger partial charge is 0.205 e. The van der Waals surface area contributed by atoms with Crippen LogP contribution < -0.4 is 5.32 Å². The molecule has 184 valence electrons. The van der Waals surface area contributed by atoms with Crippen LogP contribution in [0.1, 0.15) is 84.8 Å². The first-order valence-corrected chi connectivity index (χ1v) is 11.7. The highest BCUT2D eigenvalue weighted by molar-refractivity contribution is 5.33. The number of hydrogen-bond donors (Lipinski definition) is 2. The van der Waals surface area contributed by atoms with Gasteiger partial charge in [0.25, 0.3) is 0 Å². The largest absolute Gasteiger partial charge is 0.463 e. The van der Waals surface area contributed by atoms with Crippen molar-refractivity contribution in [2.45, 2.75) is 83.5 Å². The predicted octanol–water partition coefficient (Wildman–Crippen LogP) is 5.50. The topological polar surface area (TPSA) is 60.0 Å². The fraction of sp³-hybridized carbons (Fsp3) is 0.643. The van der Waals surface area contributed by atoms with Crippen LogP contribution in [0.2, 0.25) is 0 Å². The van der Waals surface area contributed by atoms with Crippen LogP contribution in [0.4, 0.5) is 0 Å². The average Bonchev–Trinajstić information content (AvgIpc) is 2.94. The van der Waals surface area contributed by atoms with Crippen molar-refractivity contribution in [1.82, 2.24) is 5.32 Å². The molecule has 5 atom stereocenters. The maximum Gasteiger partial charge on any atom is 0.205 e. The molecule has 0 saturated carbocycles. The monoisotopic (exact) mass is 467 g/mol. The first-order valence-electron chi connectivity index (χ1n) is 17.0. The maximum absolute atomic E-state index is 11.3. The molecule has 1 aromatic rings. The van der Waals surface area contributed by atoms with E-state index in [2.05, 4.69) is 17.4 Å². The second-order valence-corrected chi connectivity index (χ2v) is 8.54. The third kappa shape index (κ3) is 8.90. The lowest BCUT2D eigenvalue weighted by Gasteiger charge is -2.39. The molecule has 0 amide bonds. The highest BCUT2D eigenvalue weighted by Crippen LogP contribution is 2.36. The molecule has 1 heterocycles. The number of fused-ring (bicyclic) bond motifs is 1. The summed E-state index contributed by atoms with van der Waals surface area (Å²) in [6.45, 7) is -4.59. The summed E-state index contributed by atoms with van der Waals surface area (Å²) in [6, 6.07) is 8.87. The molecule has 1 fully saturated rings. The second kappa shape index (κ2) is 12.7. The molecule has 5 nitrogen and oxygen atoms in total. The van der Waals surface area contributed by atoms with E-state index in [1.807, 2.05) is 18.2 Å². The van der Waals surface area contributed by atoms with Crippen molar-refractivity contribution in [3.05, 3.63) is 59.3 Å². The molecular weight excluding hydrogens is 414 g/mol. The van der Waals surface area contributed by atoms with Gasteiger partial charge >= 0.3 is 0 Å². The standard InChI is InChI=1S/C28H43NO4/c1-27(2)32-22-24-21-25(16-17-26(24)33-27)28(3,30)29-18-10-4-5-11-19-31-20-12-9-15-23-13-7-6-8-14-23/h6-8,13-14,17,21,25,29-30H,4-5,9-12,15-16,18-20,22H2,1-3H3/i1D2,2D3,16D,17D,21D,22D,25D. The van der Waals surface area contributed by atoms with Gasteiger partial charge in [0, 0.05) is 48.0 Å². The molecule has 0 radical (unpaired) electrons. The van der Waals surface area contributed by atoms with Crippen LogP contribution in [-0.2, 0) is 20.6 Å². The normalized spacial score (nSPS) is 36.5. The van der Waals surface area contributed by atoms with Gasteiger partial charge in [0.1, 0.15) is 11.5 Å². The minimum atomic E-state index is -3.20. The molecule has 5 heteroatoms. The lowest BCUT2D eigenvalue weighted by molar-refractivity contribution is -0.202. The van der Waals surface area contributed by atoms with Crippen molar-refractivity contribution in [1.29, 1.82) is 0 Å². The summed E-state index contributed by atoms with van der Waals surface area (Å²) in [7, 11) is 0. The first-order chi connectivity index (χ1) is 20.1. The van der Waals surface area contributed by atoms with Crippen molar-refractivity contribution >= 4 is 0 Å². The molecule has 5 unspecified atom stereocenters. The fourth-order valence-electron chi connectivity index (χ4n) is 3.59. The minimum absolute atomic E-state index is 0.256. The van der Waals surface area contributed by atoms with Gasteiger partial charge in [0.15, 0.2) is 0 Å². The number of rotatable bonds is 14. The number of hydrogen-bond acceptors (Lipinski definition) is 5. The Bertz CT molecular complexity index is 1130. The molecule has 3 rings (SSSR count). The van der Waals surface area contributed by atoms with Gasteiger partial charge in [-0.25, -0.2) is 0 Å². The van der Waals surface area contributed by atoms with E-state index in [9.17, 15) is 5.11 Å². The van der Waals surface area contributed by atoms with Gasteiger partial charge < -0.3 is 19.3 Å².